The summed E-state index contributed by atoms with van der Waals surface area (Å²) in [7, 11) is -2.38. The number of nitrogens with one attached hydrogen (secondary N) is 1. The molecule has 0 bridgehead atoms. The molecular formula is C17H20ClNO4S. The predicted molar refractivity (Wildman–Crippen MR) is 93.6 cm³/mol. The Bertz CT molecular complexity index is 795. The molecule has 2 aromatic carbocycles. The Kier molecular flexibility index (Phi) is 6.01. The van der Waals surface area contributed by atoms with Gasteiger partial charge in [0.1, 0.15) is 5.60 Å². The van der Waals surface area contributed by atoms with Gasteiger partial charge in [-0.05, 0) is 30.2 Å². The first-order valence-electron chi connectivity index (χ1n) is 7.32. The molecule has 0 heterocycles. The first-order valence-corrected chi connectivity index (χ1v) is 9.18. The number of sulfonamides is 1. The lowest BCUT2D eigenvalue weighted by atomic mass is 9.95. The molecule has 2 rings (SSSR count). The molecule has 0 saturated heterocycles. The lowest BCUT2D eigenvalue weighted by Crippen LogP contribution is -2.44. The van der Waals surface area contributed by atoms with E-state index in [1.54, 1.807) is 43.3 Å². The second-order valence-electron chi connectivity index (χ2n) is 5.52. The molecule has 0 amide bonds. The Hall–Kier alpha value is -1.44. The molecule has 7 heteroatoms. The normalized spacial score (nSPS) is 14.3. The first kappa shape index (κ1) is 18.9. The Balaban J connectivity index is 2.27. The summed E-state index contributed by atoms with van der Waals surface area (Å²) in [6.45, 7) is 1.36. The highest BCUT2D eigenvalue weighted by atomic mass is 35.5. The summed E-state index contributed by atoms with van der Waals surface area (Å²) in [5.41, 5.74) is -0.450. The molecule has 1 unspecified atom stereocenters. The molecule has 1 atom stereocenters. The molecule has 0 aliphatic rings. The fourth-order valence-electron chi connectivity index (χ4n) is 2.39. The number of hydrogen-bond acceptors (Lipinski definition) is 4. The smallest absolute Gasteiger partial charge is 0.240 e. The molecular weight excluding hydrogens is 350 g/mol. The third-order valence-corrected chi connectivity index (χ3v) is 5.71. The molecule has 24 heavy (non-hydrogen) atoms. The number of halogens is 1. The minimum Gasteiger partial charge on any atom is -0.381 e. The number of hydrogen-bond donors (Lipinski definition) is 2. The third-order valence-electron chi connectivity index (χ3n) is 3.76. The maximum absolute atomic E-state index is 12.6. The number of benzene rings is 2. The van der Waals surface area contributed by atoms with E-state index in [1.807, 2.05) is 6.07 Å². The lowest BCUT2D eigenvalue weighted by molar-refractivity contribution is -0.0310. The van der Waals surface area contributed by atoms with Gasteiger partial charge in [-0.3, -0.25) is 0 Å². The molecule has 0 aromatic heterocycles. The Morgan fingerprint density at radius 1 is 1.17 bits per heavy atom. The van der Waals surface area contributed by atoms with Gasteiger partial charge in [0.15, 0.2) is 0 Å². The SMILES string of the molecule is COCC(O)(CNS(=O)(=O)c1cccc(Cl)c1C)c1ccccc1. The average Bonchev–Trinajstić information content (AvgIpc) is 2.56. The molecule has 0 spiro atoms. The van der Waals surface area contributed by atoms with Crippen molar-refractivity contribution < 1.29 is 18.3 Å². The van der Waals surface area contributed by atoms with E-state index in [9.17, 15) is 13.5 Å². The zero-order valence-corrected chi connectivity index (χ0v) is 15.1. The van der Waals surface area contributed by atoms with Crippen molar-refractivity contribution >= 4 is 21.6 Å². The molecule has 0 saturated carbocycles. The second kappa shape index (κ2) is 7.63. The Labute approximate surface area is 147 Å². The molecule has 0 radical (unpaired) electrons. The van der Waals surface area contributed by atoms with E-state index in [1.165, 1.54) is 13.2 Å². The van der Waals surface area contributed by atoms with E-state index in [-0.39, 0.29) is 18.0 Å². The van der Waals surface area contributed by atoms with Crippen LogP contribution < -0.4 is 4.72 Å². The van der Waals surface area contributed by atoms with Gasteiger partial charge in [0.05, 0.1) is 11.5 Å². The molecule has 0 fully saturated rings. The number of rotatable bonds is 7. The highest BCUT2D eigenvalue weighted by molar-refractivity contribution is 7.89. The second-order valence-corrected chi connectivity index (χ2v) is 7.66. The monoisotopic (exact) mass is 369 g/mol. The predicted octanol–water partition coefficient (Wildman–Crippen LogP) is 2.46. The van der Waals surface area contributed by atoms with Crippen LogP contribution in [0.25, 0.3) is 0 Å². The van der Waals surface area contributed by atoms with Crippen LogP contribution in [-0.2, 0) is 20.4 Å². The van der Waals surface area contributed by atoms with E-state index in [2.05, 4.69) is 4.72 Å². The van der Waals surface area contributed by atoms with Crippen LogP contribution in [0.1, 0.15) is 11.1 Å². The number of aliphatic hydroxyl groups is 1. The average molecular weight is 370 g/mol. The molecule has 2 aromatic rings. The highest BCUT2D eigenvalue weighted by Crippen LogP contribution is 2.25. The lowest BCUT2D eigenvalue weighted by Gasteiger charge is -2.28. The van der Waals surface area contributed by atoms with Crippen molar-refractivity contribution in [1.82, 2.24) is 4.72 Å². The maximum atomic E-state index is 12.6. The zero-order valence-electron chi connectivity index (χ0n) is 13.5. The van der Waals surface area contributed by atoms with Crippen LogP contribution in [0.5, 0.6) is 0 Å². The quantitative estimate of drug-likeness (QED) is 0.786. The van der Waals surface area contributed by atoms with Crippen molar-refractivity contribution in [2.24, 2.45) is 0 Å². The molecule has 0 aliphatic carbocycles. The van der Waals surface area contributed by atoms with Crippen LogP contribution in [0.15, 0.2) is 53.4 Å². The van der Waals surface area contributed by atoms with Crippen molar-refractivity contribution in [3.05, 3.63) is 64.7 Å². The van der Waals surface area contributed by atoms with Crippen molar-refractivity contribution in [3.8, 4) is 0 Å². The summed E-state index contributed by atoms with van der Waals surface area (Å²) >= 11 is 5.99. The third kappa shape index (κ3) is 4.15. The van der Waals surface area contributed by atoms with Gasteiger partial charge < -0.3 is 9.84 Å². The molecule has 5 nitrogen and oxygen atoms in total. The number of methoxy groups -OCH3 is 1. The molecule has 2 N–H and O–H groups in total. The van der Waals surface area contributed by atoms with Crippen molar-refractivity contribution in [2.75, 3.05) is 20.3 Å². The highest BCUT2D eigenvalue weighted by Gasteiger charge is 2.31. The fraction of sp³-hybridized carbons (Fsp3) is 0.294. The zero-order chi connectivity index (χ0) is 17.8. The Morgan fingerprint density at radius 2 is 1.83 bits per heavy atom. The van der Waals surface area contributed by atoms with Gasteiger partial charge in [-0.25, -0.2) is 13.1 Å². The summed E-state index contributed by atoms with van der Waals surface area (Å²) in [5.74, 6) is 0. The van der Waals surface area contributed by atoms with E-state index in [0.717, 1.165) is 0 Å². The van der Waals surface area contributed by atoms with E-state index in [0.29, 0.717) is 16.1 Å². The van der Waals surface area contributed by atoms with E-state index < -0.39 is 15.6 Å². The summed E-state index contributed by atoms with van der Waals surface area (Å²) in [6, 6.07) is 13.5. The van der Waals surface area contributed by atoms with Gasteiger partial charge in [0.25, 0.3) is 0 Å². The minimum absolute atomic E-state index is 0.0476. The summed E-state index contributed by atoms with van der Waals surface area (Å²) in [5, 5.41) is 11.2. The van der Waals surface area contributed by atoms with Gasteiger partial charge in [0, 0.05) is 18.7 Å². The summed E-state index contributed by atoms with van der Waals surface area (Å²) in [6.07, 6.45) is 0. The van der Waals surface area contributed by atoms with Crippen LogP contribution in [0.2, 0.25) is 5.02 Å². The maximum Gasteiger partial charge on any atom is 0.240 e. The van der Waals surface area contributed by atoms with Crippen LogP contribution in [-0.4, -0.2) is 33.8 Å². The molecule has 130 valence electrons. The van der Waals surface area contributed by atoms with E-state index >= 15 is 0 Å². The largest absolute Gasteiger partial charge is 0.381 e. The van der Waals surface area contributed by atoms with Crippen LogP contribution in [0, 0.1) is 6.92 Å². The van der Waals surface area contributed by atoms with Gasteiger partial charge in [0.2, 0.25) is 10.0 Å². The van der Waals surface area contributed by atoms with Gasteiger partial charge >= 0.3 is 0 Å². The van der Waals surface area contributed by atoms with Crippen LogP contribution >= 0.6 is 11.6 Å². The minimum atomic E-state index is -3.82. The number of ether oxygens (including phenoxy) is 1. The molecule has 0 aliphatic heterocycles. The van der Waals surface area contributed by atoms with Crippen LogP contribution in [0.4, 0.5) is 0 Å². The van der Waals surface area contributed by atoms with Gasteiger partial charge in [-0.2, -0.15) is 0 Å². The van der Waals surface area contributed by atoms with Gasteiger partial charge in [-0.15, -0.1) is 0 Å². The summed E-state index contributed by atoms with van der Waals surface area (Å²) in [4.78, 5) is 0.0860. The first-order chi connectivity index (χ1) is 11.3. The van der Waals surface area contributed by atoms with Crippen molar-refractivity contribution in [1.29, 1.82) is 0 Å². The topological polar surface area (TPSA) is 75.6 Å². The standard InChI is InChI=1S/C17H20ClNO4S/c1-13-15(18)9-6-10-16(13)24(21,22)19-11-17(20,12-23-2)14-7-4-3-5-8-14/h3-10,19-20H,11-12H2,1-2H3. The van der Waals surface area contributed by atoms with Crippen molar-refractivity contribution in [3.63, 3.8) is 0 Å². The van der Waals surface area contributed by atoms with Gasteiger partial charge in [-0.1, -0.05) is 48.0 Å². The fourth-order valence-corrected chi connectivity index (χ4v) is 3.98. The summed E-state index contributed by atoms with van der Waals surface area (Å²) < 4.78 is 32.7. The van der Waals surface area contributed by atoms with Crippen LogP contribution in [0.3, 0.4) is 0 Å². The van der Waals surface area contributed by atoms with E-state index in [4.69, 9.17) is 16.3 Å². The van der Waals surface area contributed by atoms with Crippen molar-refractivity contribution in [2.45, 2.75) is 17.4 Å². The Morgan fingerprint density at radius 3 is 2.46 bits per heavy atom.